The second kappa shape index (κ2) is 6.99. The summed E-state index contributed by atoms with van der Waals surface area (Å²) in [5, 5.41) is 0. The van der Waals surface area contributed by atoms with Crippen molar-refractivity contribution in [2.24, 2.45) is 5.41 Å². The van der Waals surface area contributed by atoms with Gasteiger partial charge in [0.15, 0.2) is 0 Å². The van der Waals surface area contributed by atoms with Crippen molar-refractivity contribution in [3.05, 3.63) is 0 Å². The van der Waals surface area contributed by atoms with Crippen LogP contribution in [0.5, 0.6) is 0 Å². The Kier molecular flexibility index (Phi) is 5.31. The molecule has 0 radical (unpaired) electrons. The van der Waals surface area contributed by atoms with Crippen LogP contribution < -0.4 is 0 Å². The van der Waals surface area contributed by atoms with E-state index in [0.717, 1.165) is 31.7 Å². The maximum Gasteiger partial charge on any atom is 0.329 e. The van der Waals surface area contributed by atoms with Crippen molar-refractivity contribution in [1.82, 2.24) is 9.80 Å². The van der Waals surface area contributed by atoms with E-state index in [1.54, 1.807) is 4.90 Å². The van der Waals surface area contributed by atoms with Crippen molar-refractivity contribution < 1.29 is 19.1 Å². The van der Waals surface area contributed by atoms with Gasteiger partial charge in [-0.25, -0.2) is 9.69 Å². The molecule has 152 valence electrons. The Balaban J connectivity index is 1.59. The lowest BCUT2D eigenvalue weighted by molar-refractivity contribution is -0.137. The highest BCUT2D eigenvalue weighted by molar-refractivity contribution is 6.76. The fourth-order valence-electron chi connectivity index (χ4n) is 4.74. The molecule has 0 aromatic carbocycles. The summed E-state index contributed by atoms with van der Waals surface area (Å²) in [7, 11) is -1.20. The molecule has 7 heteroatoms. The van der Waals surface area contributed by atoms with Gasteiger partial charge in [-0.2, -0.15) is 0 Å². The number of hydrogen-bond acceptors (Lipinski definition) is 4. The second-order valence-corrected chi connectivity index (χ2v) is 16.0. The number of ketones is 1. The van der Waals surface area contributed by atoms with Crippen LogP contribution in [-0.4, -0.2) is 60.5 Å². The lowest BCUT2D eigenvalue weighted by Gasteiger charge is -2.54. The molecule has 1 aliphatic heterocycles. The van der Waals surface area contributed by atoms with Gasteiger partial charge in [-0.05, 0) is 51.0 Å². The molecule has 1 spiro atoms. The number of hydrogen-bond donors (Lipinski definition) is 0. The van der Waals surface area contributed by atoms with E-state index in [2.05, 4.69) is 19.6 Å². The number of carbonyl (C=O) groups is 3. The average Bonchev–Trinajstić information content (AvgIpc) is 2.69. The minimum atomic E-state index is -1.20. The Hall–Kier alpha value is -1.21. The summed E-state index contributed by atoms with van der Waals surface area (Å²) in [6.45, 7) is 11.1. The van der Waals surface area contributed by atoms with E-state index in [1.165, 1.54) is 4.90 Å². The summed E-state index contributed by atoms with van der Waals surface area (Å²) in [6, 6.07) is 0.890. The summed E-state index contributed by atoms with van der Waals surface area (Å²) in [5.41, 5.74) is -0.616. The number of ether oxygens (including phenoxy) is 1. The van der Waals surface area contributed by atoms with Crippen LogP contribution in [0.1, 0.15) is 52.4 Å². The third-order valence-corrected chi connectivity index (χ3v) is 8.30. The largest absolute Gasteiger partial charge is 0.361 e. The van der Waals surface area contributed by atoms with Gasteiger partial charge in [-0.15, -0.1) is 0 Å². The van der Waals surface area contributed by atoms with Crippen molar-refractivity contribution in [2.45, 2.75) is 89.6 Å². The lowest BCUT2D eigenvalue weighted by Crippen LogP contribution is -2.58. The predicted octanol–water partition coefficient (Wildman–Crippen LogP) is 3.63. The molecule has 2 aliphatic carbocycles. The highest BCUT2D eigenvalue weighted by atomic mass is 28.3. The normalized spacial score (nSPS) is 25.4. The number of carbonyl (C=O) groups excluding carboxylic acids is 3. The van der Waals surface area contributed by atoms with Crippen molar-refractivity contribution in [3.63, 3.8) is 0 Å². The van der Waals surface area contributed by atoms with E-state index in [0.29, 0.717) is 25.2 Å². The standard InChI is InChI=1S/C20H34N2O4Si/c1-19(2)17(24)21(14-26-10-11-27(3,4)5)18(25)22(19)15-12-20(13-15)8-6-16(23)7-9-20/h15H,6-14H2,1-5H3. The van der Waals surface area contributed by atoms with Crippen molar-refractivity contribution in [2.75, 3.05) is 13.3 Å². The molecule has 0 bridgehead atoms. The highest BCUT2D eigenvalue weighted by Crippen LogP contribution is 2.54. The van der Waals surface area contributed by atoms with Crippen LogP contribution in [0.2, 0.25) is 25.7 Å². The maximum atomic E-state index is 13.0. The molecule has 0 aromatic rings. The smallest absolute Gasteiger partial charge is 0.329 e. The van der Waals surface area contributed by atoms with Gasteiger partial charge in [0.05, 0.1) is 0 Å². The van der Waals surface area contributed by atoms with Gasteiger partial charge in [0, 0.05) is 33.6 Å². The Morgan fingerprint density at radius 1 is 1.07 bits per heavy atom. The molecule has 27 heavy (non-hydrogen) atoms. The first-order chi connectivity index (χ1) is 12.5. The van der Waals surface area contributed by atoms with Crippen LogP contribution in [0, 0.1) is 5.41 Å². The van der Waals surface area contributed by atoms with Crippen LogP contribution in [0.15, 0.2) is 0 Å². The first-order valence-corrected chi connectivity index (χ1v) is 13.9. The van der Waals surface area contributed by atoms with Crippen molar-refractivity contribution in [3.8, 4) is 0 Å². The van der Waals surface area contributed by atoms with E-state index < -0.39 is 13.6 Å². The van der Waals surface area contributed by atoms with Crippen LogP contribution in [0.3, 0.4) is 0 Å². The molecule has 0 unspecified atom stereocenters. The minimum Gasteiger partial charge on any atom is -0.361 e. The zero-order valence-corrected chi connectivity index (χ0v) is 18.5. The van der Waals surface area contributed by atoms with Gasteiger partial charge >= 0.3 is 6.03 Å². The topological polar surface area (TPSA) is 66.9 Å². The van der Waals surface area contributed by atoms with Crippen LogP contribution in [-0.2, 0) is 14.3 Å². The Bertz CT molecular complexity index is 622. The molecule has 3 amide bonds. The van der Waals surface area contributed by atoms with Crippen LogP contribution in [0.25, 0.3) is 0 Å². The summed E-state index contributed by atoms with van der Waals surface area (Å²) in [4.78, 5) is 40.4. The number of urea groups is 1. The predicted molar refractivity (Wildman–Crippen MR) is 106 cm³/mol. The molecule has 6 nitrogen and oxygen atoms in total. The third kappa shape index (κ3) is 3.99. The van der Waals surface area contributed by atoms with Gasteiger partial charge in [0.25, 0.3) is 5.91 Å². The maximum absolute atomic E-state index is 13.0. The minimum absolute atomic E-state index is 0.0500. The van der Waals surface area contributed by atoms with Gasteiger partial charge < -0.3 is 9.64 Å². The summed E-state index contributed by atoms with van der Waals surface area (Å²) in [6.07, 6.45) is 5.02. The average molecular weight is 395 g/mol. The van der Waals surface area contributed by atoms with Gasteiger partial charge in [-0.3, -0.25) is 9.59 Å². The molecule has 3 aliphatic rings. The molecular weight excluding hydrogens is 360 g/mol. The Labute approximate surface area is 163 Å². The van der Waals surface area contributed by atoms with E-state index >= 15 is 0 Å². The number of imide groups is 1. The highest BCUT2D eigenvalue weighted by Gasteiger charge is 2.59. The zero-order valence-electron chi connectivity index (χ0n) is 17.5. The van der Waals surface area contributed by atoms with Crippen LogP contribution >= 0.6 is 0 Å². The van der Waals surface area contributed by atoms with E-state index in [-0.39, 0.29) is 30.1 Å². The second-order valence-electron chi connectivity index (χ2n) is 10.4. The monoisotopic (exact) mass is 394 g/mol. The molecule has 0 atom stereocenters. The number of rotatable bonds is 6. The zero-order chi connectivity index (χ0) is 20.0. The van der Waals surface area contributed by atoms with Gasteiger partial charge in [0.1, 0.15) is 18.1 Å². The number of amides is 3. The van der Waals surface area contributed by atoms with Crippen LogP contribution in [0.4, 0.5) is 4.79 Å². The van der Waals surface area contributed by atoms with E-state index in [9.17, 15) is 14.4 Å². The molecule has 2 saturated carbocycles. The quantitative estimate of drug-likeness (QED) is 0.392. The molecule has 3 fully saturated rings. The van der Waals surface area contributed by atoms with Crippen molar-refractivity contribution >= 4 is 25.8 Å². The Morgan fingerprint density at radius 3 is 2.22 bits per heavy atom. The van der Waals surface area contributed by atoms with Gasteiger partial charge in [0.2, 0.25) is 0 Å². The molecule has 0 aromatic heterocycles. The summed E-state index contributed by atoms with van der Waals surface area (Å²) >= 11 is 0. The fourth-order valence-corrected chi connectivity index (χ4v) is 5.50. The number of nitrogens with zero attached hydrogens (tertiary/aromatic N) is 2. The molecule has 1 heterocycles. The molecular formula is C20H34N2O4Si. The molecule has 0 N–H and O–H groups in total. The van der Waals surface area contributed by atoms with Crippen molar-refractivity contribution in [1.29, 1.82) is 0 Å². The SMILES string of the molecule is CC1(C)C(=O)N(COCC[Si](C)(C)C)C(=O)N1C1CC2(CCC(=O)CC2)C1. The first kappa shape index (κ1) is 20.5. The van der Waals surface area contributed by atoms with E-state index in [4.69, 9.17) is 4.74 Å². The fraction of sp³-hybridized carbons (Fsp3) is 0.850. The molecule has 3 rings (SSSR count). The van der Waals surface area contributed by atoms with E-state index in [1.807, 2.05) is 13.8 Å². The Morgan fingerprint density at radius 2 is 1.67 bits per heavy atom. The van der Waals surface area contributed by atoms with Gasteiger partial charge in [-0.1, -0.05) is 19.6 Å². The third-order valence-electron chi connectivity index (χ3n) is 6.60. The summed E-state index contributed by atoms with van der Waals surface area (Å²) in [5.74, 6) is 0.193. The number of Topliss-reactive ketones (excluding diaryl/α,β-unsaturated/α-hetero) is 1. The summed E-state index contributed by atoms with van der Waals surface area (Å²) < 4.78 is 5.68. The lowest BCUT2D eigenvalue weighted by atomic mass is 9.57. The molecule has 1 saturated heterocycles. The first-order valence-electron chi connectivity index (χ1n) is 10.2.